The first-order valence-electron chi connectivity index (χ1n) is 16.2. The molecule has 0 amide bonds. The lowest BCUT2D eigenvalue weighted by Gasteiger charge is -2.62. The van der Waals surface area contributed by atoms with Gasteiger partial charge in [-0.25, -0.2) is 8.37 Å². The number of ether oxygens (including phenoxy) is 3. The predicted octanol–water partition coefficient (Wildman–Crippen LogP) is 5.48. The Labute approximate surface area is 262 Å². The van der Waals surface area contributed by atoms with Crippen molar-refractivity contribution in [3.05, 3.63) is 11.1 Å². The third-order valence-electron chi connectivity index (χ3n) is 13.0. The van der Waals surface area contributed by atoms with Gasteiger partial charge >= 0.3 is 20.8 Å². The van der Waals surface area contributed by atoms with Gasteiger partial charge in [-0.1, -0.05) is 38.8 Å². The second kappa shape index (κ2) is 10.9. The average Bonchev–Trinajstić information content (AvgIpc) is 3.30. The highest BCUT2D eigenvalue weighted by molar-refractivity contribution is 7.81. The summed E-state index contributed by atoms with van der Waals surface area (Å²) in [5.74, 6) is 1.60. The highest BCUT2D eigenvalue weighted by atomic mass is 32.3. The van der Waals surface area contributed by atoms with E-state index in [1.54, 1.807) is 0 Å². The lowest BCUT2D eigenvalue weighted by Crippen LogP contribution is -2.60. The van der Waals surface area contributed by atoms with E-state index < -0.39 is 45.1 Å². The fraction of sp³-hybridized carbons (Fsp3) is 0.935. The quantitative estimate of drug-likeness (QED) is 0.263. The molecule has 2 aliphatic heterocycles. The van der Waals surface area contributed by atoms with Crippen LogP contribution in [0.2, 0.25) is 0 Å². The van der Waals surface area contributed by atoms with Crippen LogP contribution in [0.4, 0.5) is 0 Å². The molecule has 13 heteroatoms. The number of hydrogen-bond donors (Lipinski definition) is 2. The molecule has 0 aromatic carbocycles. The molecule has 6 aliphatic rings. The van der Waals surface area contributed by atoms with E-state index in [4.69, 9.17) is 22.6 Å². The van der Waals surface area contributed by atoms with E-state index in [0.717, 1.165) is 38.5 Å². The molecule has 252 valence electrons. The molecule has 13 atom stereocenters. The van der Waals surface area contributed by atoms with Gasteiger partial charge in [0.2, 0.25) is 0 Å². The van der Waals surface area contributed by atoms with E-state index >= 15 is 0 Å². The van der Waals surface area contributed by atoms with Gasteiger partial charge in [0.15, 0.2) is 0 Å². The molecular formula is C31H50O11S2. The van der Waals surface area contributed by atoms with Gasteiger partial charge < -0.3 is 14.2 Å². The third kappa shape index (κ3) is 5.53. The first-order chi connectivity index (χ1) is 20.2. The van der Waals surface area contributed by atoms with Gasteiger partial charge in [0.25, 0.3) is 6.48 Å². The van der Waals surface area contributed by atoms with Crippen molar-refractivity contribution in [2.75, 3.05) is 0 Å². The van der Waals surface area contributed by atoms with Gasteiger partial charge in [-0.2, -0.15) is 16.8 Å². The van der Waals surface area contributed by atoms with Crippen LogP contribution in [0.3, 0.4) is 0 Å². The first-order valence-corrected chi connectivity index (χ1v) is 18.9. The number of allylic oxidation sites excluding steroid dienone is 1. The Kier molecular flexibility index (Phi) is 8.28. The van der Waals surface area contributed by atoms with Crippen molar-refractivity contribution in [1.29, 1.82) is 0 Å². The van der Waals surface area contributed by atoms with Crippen molar-refractivity contribution >= 4 is 20.8 Å². The van der Waals surface area contributed by atoms with Crippen LogP contribution in [-0.2, 0) is 43.4 Å². The van der Waals surface area contributed by atoms with Gasteiger partial charge in [-0.3, -0.25) is 9.11 Å². The molecule has 11 nitrogen and oxygen atoms in total. The van der Waals surface area contributed by atoms with Crippen LogP contribution in [0.5, 0.6) is 0 Å². The lowest BCUT2D eigenvalue weighted by molar-refractivity contribution is -0.322. The molecule has 44 heavy (non-hydrogen) atoms. The largest absolute Gasteiger partial charge is 0.397 e. The summed E-state index contributed by atoms with van der Waals surface area (Å²) < 4.78 is 95.2. The van der Waals surface area contributed by atoms with Gasteiger partial charge in [-0.05, 0) is 113 Å². The average molecular weight is 663 g/mol. The molecule has 0 aromatic rings. The van der Waals surface area contributed by atoms with Crippen molar-refractivity contribution in [2.24, 2.45) is 46.3 Å². The fourth-order valence-corrected chi connectivity index (χ4v) is 12.4. The zero-order valence-corrected chi connectivity index (χ0v) is 28.5. The first kappa shape index (κ1) is 33.3. The maximum atomic E-state index is 11.8. The fourth-order valence-electron chi connectivity index (χ4n) is 11.4. The van der Waals surface area contributed by atoms with Crippen molar-refractivity contribution < 1.29 is 48.5 Å². The van der Waals surface area contributed by atoms with Crippen LogP contribution >= 0.6 is 0 Å². The zero-order chi connectivity index (χ0) is 32.2. The number of hydrogen-bond acceptors (Lipinski definition) is 9. The maximum Gasteiger partial charge on any atom is 0.397 e. The predicted molar refractivity (Wildman–Crippen MR) is 160 cm³/mol. The Morgan fingerprint density at radius 2 is 1.55 bits per heavy atom. The van der Waals surface area contributed by atoms with E-state index in [-0.39, 0.29) is 53.6 Å². The highest BCUT2D eigenvalue weighted by Gasteiger charge is 2.71. The van der Waals surface area contributed by atoms with E-state index in [0.29, 0.717) is 17.8 Å². The standard InChI is InChI=1S/C31H50O11S2/c1-16(2)20(17(3)4)13-26-31(7)27-24(38-28(39-26)40-31)14-22-19-9-8-18-12-23(41-43(32,33)34)25(42-44(35,36)37)15-30(18,6)21(19)10-11-29(22,27)5/h16,18-19,21-28H,8-15H2,1-7H3,(H,32,33,34)(H,35,36,37). The smallest absolute Gasteiger partial charge is 0.326 e. The van der Waals surface area contributed by atoms with Gasteiger partial charge in [0.05, 0.1) is 12.2 Å². The third-order valence-corrected chi connectivity index (χ3v) is 14.0. The molecular weight excluding hydrogens is 612 g/mol. The van der Waals surface area contributed by atoms with Crippen LogP contribution in [-0.4, -0.2) is 62.4 Å². The second-order valence-electron chi connectivity index (χ2n) is 15.8. The maximum absolute atomic E-state index is 11.8. The minimum absolute atomic E-state index is 0.0201. The van der Waals surface area contributed by atoms with Crippen molar-refractivity contribution in [2.45, 2.75) is 136 Å². The van der Waals surface area contributed by atoms with Gasteiger partial charge in [-0.15, -0.1) is 0 Å². The molecule has 0 radical (unpaired) electrons. The molecule has 2 saturated heterocycles. The number of rotatable bonds is 7. The summed E-state index contributed by atoms with van der Waals surface area (Å²) in [6.45, 7) is 14.9. The zero-order valence-electron chi connectivity index (χ0n) is 26.9. The molecule has 4 aliphatic carbocycles. The summed E-state index contributed by atoms with van der Waals surface area (Å²) in [4.78, 5) is 0. The molecule has 2 heterocycles. The van der Waals surface area contributed by atoms with E-state index in [1.807, 2.05) is 0 Å². The molecule has 4 saturated carbocycles. The Bertz CT molecular complexity index is 1390. The van der Waals surface area contributed by atoms with Crippen LogP contribution in [0.1, 0.15) is 99.8 Å². The Balaban J connectivity index is 1.28. The highest BCUT2D eigenvalue weighted by Crippen LogP contribution is 2.71. The molecule has 2 N–H and O–H groups in total. The molecule has 6 rings (SSSR count). The van der Waals surface area contributed by atoms with Crippen LogP contribution in [0.15, 0.2) is 11.1 Å². The topological polar surface area (TPSA) is 155 Å². The Morgan fingerprint density at radius 3 is 2.16 bits per heavy atom. The van der Waals surface area contributed by atoms with E-state index in [2.05, 4.69) is 48.5 Å². The van der Waals surface area contributed by atoms with Crippen molar-refractivity contribution in [3.63, 3.8) is 0 Å². The summed E-state index contributed by atoms with van der Waals surface area (Å²) >= 11 is 0. The summed E-state index contributed by atoms with van der Waals surface area (Å²) in [6, 6.07) is 0. The second-order valence-corrected chi connectivity index (χ2v) is 17.8. The summed E-state index contributed by atoms with van der Waals surface area (Å²) in [5, 5.41) is 0. The molecule has 0 aromatic heterocycles. The lowest BCUT2D eigenvalue weighted by atomic mass is 9.44. The van der Waals surface area contributed by atoms with Crippen molar-refractivity contribution in [1.82, 2.24) is 0 Å². The van der Waals surface area contributed by atoms with Crippen LogP contribution in [0.25, 0.3) is 0 Å². The van der Waals surface area contributed by atoms with Gasteiger partial charge in [0, 0.05) is 5.92 Å². The van der Waals surface area contributed by atoms with E-state index in [9.17, 15) is 25.9 Å². The Hall–Kier alpha value is -0.640. The van der Waals surface area contributed by atoms with Crippen LogP contribution in [0, 0.1) is 46.3 Å². The molecule has 0 spiro atoms. The summed E-state index contributed by atoms with van der Waals surface area (Å²) in [6.07, 6.45) is 3.27. The van der Waals surface area contributed by atoms with Gasteiger partial charge in [0.1, 0.15) is 17.8 Å². The summed E-state index contributed by atoms with van der Waals surface area (Å²) in [7, 11) is -9.74. The molecule has 2 bridgehead atoms. The minimum Gasteiger partial charge on any atom is -0.326 e. The molecule has 6 fully saturated rings. The normalized spacial score (nSPS) is 48.3. The van der Waals surface area contributed by atoms with E-state index in [1.165, 1.54) is 11.1 Å². The Morgan fingerprint density at radius 1 is 0.886 bits per heavy atom. The number of fused-ring (bicyclic) bond motifs is 10. The SMILES string of the molecule is CC(C)=C(CC1OC2OC3CC4C5CCC6CC(OS(=O)(=O)O)C(OS(=O)(=O)O)CC6(C)C5CCC4(C)C3C1(C)O2)C(C)C. The van der Waals surface area contributed by atoms with Crippen molar-refractivity contribution in [3.8, 4) is 0 Å². The molecule has 13 unspecified atom stereocenters. The van der Waals surface area contributed by atoms with Crippen LogP contribution < -0.4 is 0 Å². The minimum atomic E-state index is -4.88. The monoisotopic (exact) mass is 662 g/mol. The summed E-state index contributed by atoms with van der Waals surface area (Å²) in [5.41, 5.74) is 1.82.